The highest BCUT2D eigenvalue weighted by Crippen LogP contribution is 2.24. The molecule has 4 rings (SSSR count). The smallest absolute Gasteiger partial charge is 0.251 e. The van der Waals surface area contributed by atoms with Gasteiger partial charge in [0, 0.05) is 29.9 Å². The number of hydrogen-bond acceptors (Lipinski definition) is 6. The Labute approximate surface area is 167 Å². The minimum absolute atomic E-state index is 0.140. The number of amides is 1. The van der Waals surface area contributed by atoms with Gasteiger partial charge in [-0.3, -0.25) is 4.79 Å². The van der Waals surface area contributed by atoms with Crippen molar-refractivity contribution < 1.29 is 14.1 Å². The van der Waals surface area contributed by atoms with Crippen LogP contribution in [0.25, 0.3) is 11.4 Å². The summed E-state index contributed by atoms with van der Waals surface area (Å²) in [5.74, 6) is 0.504. The molecule has 2 heterocycles. The molecule has 0 saturated carbocycles. The molecule has 1 aliphatic heterocycles. The Kier molecular flexibility index (Phi) is 5.55. The normalized spacial score (nSPS) is 14.1. The molecule has 0 unspecified atom stereocenters. The first-order valence-corrected chi connectivity index (χ1v) is 9.37. The number of benzene rings is 2. The average Bonchev–Trinajstić information content (AvgIpc) is 3.22. The van der Waals surface area contributed by atoms with E-state index in [4.69, 9.17) is 20.9 Å². The van der Waals surface area contributed by atoms with E-state index in [0.717, 1.165) is 32.0 Å². The number of nitrogens with one attached hydrogen (secondary N) is 1. The number of halogens is 1. The van der Waals surface area contributed by atoms with Gasteiger partial charge in [0.05, 0.1) is 24.8 Å². The lowest BCUT2D eigenvalue weighted by atomic mass is 10.1. The lowest BCUT2D eigenvalue weighted by molar-refractivity contribution is 0.0946. The van der Waals surface area contributed by atoms with Crippen LogP contribution in [-0.2, 0) is 11.3 Å². The zero-order valence-corrected chi connectivity index (χ0v) is 15.9. The van der Waals surface area contributed by atoms with Crippen molar-refractivity contribution in [3.05, 3.63) is 65.0 Å². The number of ether oxygens (including phenoxy) is 1. The number of aromatic nitrogens is 2. The van der Waals surface area contributed by atoms with Crippen LogP contribution in [0.2, 0.25) is 5.02 Å². The molecule has 1 aromatic heterocycles. The summed E-state index contributed by atoms with van der Waals surface area (Å²) in [6.07, 6.45) is 0. The maximum Gasteiger partial charge on any atom is 0.251 e. The van der Waals surface area contributed by atoms with Crippen LogP contribution >= 0.6 is 11.6 Å². The van der Waals surface area contributed by atoms with E-state index in [2.05, 4.69) is 20.4 Å². The molecule has 144 valence electrons. The first-order valence-electron chi connectivity index (χ1n) is 8.99. The zero-order chi connectivity index (χ0) is 19.3. The zero-order valence-electron chi connectivity index (χ0n) is 15.1. The molecule has 1 saturated heterocycles. The number of anilines is 1. The van der Waals surface area contributed by atoms with Crippen molar-refractivity contribution in [2.24, 2.45) is 0 Å². The number of hydrogen-bond donors (Lipinski definition) is 1. The van der Waals surface area contributed by atoms with Crippen LogP contribution in [0.15, 0.2) is 53.1 Å². The lowest BCUT2D eigenvalue weighted by Crippen LogP contribution is -2.36. The Bertz CT molecular complexity index is 952. The Morgan fingerprint density at radius 1 is 1.11 bits per heavy atom. The Morgan fingerprint density at radius 3 is 2.61 bits per heavy atom. The minimum Gasteiger partial charge on any atom is -0.378 e. The highest BCUT2D eigenvalue weighted by molar-refractivity contribution is 6.33. The summed E-state index contributed by atoms with van der Waals surface area (Å²) in [4.78, 5) is 18.9. The minimum atomic E-state index is -0.203. The summed E-state index contributed by atoms with van der Waals surface area (Å²) in [5.41, 5.74) is 2.34. The molecule has 0 aliphatic carbocycles. The van der Waals surface area contributed by atoms with Crippen molar-refractivity contribution in [2.75, 3.05) is 31.2 Å². The van der Waals surface area contributed by atoms with E-state index in [9.17, 15) is 4.79 Å². The van der Waals surface area contributed by atoms with Gasteiger partial charge in [0.25, 0.3) is 5.91 Å². The van der Waals surface area contributed by atoms with Gasteiger partial charge < -0.3 is 19.5 Å². The summed E-state index contributed by atoms with van der Waals surface area (Å²) in [6, 6.07) is 14.8. The molecule has 1 fully saturated rings. The molecule has 28 heavy (non-hydrogen) atoms. The first-order chi connectivity index (χ1) is 13.7. The van der Waals surface area contributed by atoms with Crippen LogP contribution in [0.3, 0.4) is 0 Å². The van der Waals surface area contributed by atoms with E-state index in [1.165, 1.54) is 0 Å². The number of morpholine rings is 1. The van der Waals surface area contributed by atoms with Crippen LogP contribution in [-0.4, -0.2) is 42.4 Å². The van der Waals surface area contributed by atoms with Crippen molar-refractivity contribution in [1.29, 1.82) is 0 Å². The Hall–Kier alpha value is -2.90. The van der Waals surface area contributed by atoms with Crippen molar-refractivity contribution in [1.82, 2.24) is 15.5 Å². The third-order valence-electron chi connectivity index (χ3n) is 4.49. The van der Waals surface area contributed by atoms with Crippen molar-refractivity contribution in [2.45, 2.75) is 6.54 Å². The maximum atomic E-state index is 12.4. The molecule has 0 bridgehead atoms. The van der Waals surface area contributed by atoms with E-state index in [1.54, 1.807) is 6.07 Å². The van der Waals surface area contributed by atoms with Crippen LogP contribution in [0.4, 0.5) is 5.69 Å². The quantitative estimate of drug-likeness (QED) is 0.711. The monoisotopic (exact) mass is 398 g/mol. The van der Waals surface area contributed by atoms with Crippen LogP contribution in [0.1, 0.15) is 16.2 Å². The maximum absolute atomic E-state index is 12.4. The van der Waals surface area contributed by atoms with Crippen LogP contribution in [0, 0.1) is 0 Å². The molecule has 1 N–H and O–H groups in total. The van der Waals surface area contributed by atoms with Gasteiger partial charge in [0.2, 0.25) is 11.7 Å². The van der Waals surface area contributed by atoms with E-state index >= 15 is 0 Å². The first kappa shape index (κ1) is 18.5. The van der Waals surface area contributed by atoms with Gasteiger partial charge in [-0.25, -0.2) is 0 Å². The summed E-state index contributed by atoms with van der Waals surface area (Å²) in [5, 5.41) is 7.26. The molecule has 2 aromatic carbocycles. The Morgan fingerprint density at radius 2 is 1.86 bits per heavy atom. The van der Waals surface area contributed by atoms with Crippen molar-refractivity contribution in [3.8, 4) is 11.4 Å². The van der Waals surface area contributed by atoms with E-state index in [1.807, 2.05) is 42.5 Å². The van der Waals surface area contributed by atoms with Gasteiger partial charge in [0.1, 0.15) is 0 Å². The van der Waals surface area contributed by atoms with E-state index in [-0.39, 0.29) is 12.5 Å². The summed E-state index contributed by atoms with van der Waals surface area (Å²) in [6.45, 7) is 3.31. The average molecular weight is 399 g/mol. The molecular weight excluding hydrogens is 380 g/mol. The van der Waals surface area contributed by atoms with Crippen molar-refractivity contribution >= 4 is 23.2 Å². The van der Waals surface area contributed by atoms with Gasteiger partial charge in [0.15, 0.2) is 0 Å². The second-order valence-corrected chi connectivity index (χ2v) is 6.73. The third-order valence-corrected chi connectivity index (χ3v) is 4.82. The third kappa shape index (κ3) is 4.16. The standard InChI is InChI=1S/C20H19ClN4O3/c21-17-4-2-1-3-16(17)19-23-18(28-24-19)13-22-20(26)14-5-7-15(8-6-14)25-9-11-27-12-10-25/h1-8H,9-13H2,(H,22,26). The van der Waals surface area contributed by atoms with Gasteiger partial charge in [-0.15, -0.1) is 0 Å². The largest absolute Gasteiger partial charge is 0.378 e. The number of carbonyl (C=O) groups excluding carboxylic acids is 1. The topological polar surface area (TPSA) is 80.5 Å². The molecule has 0 radical (unpaired) electrons. The molecule has 7 nitrogen and oxygen atoms in total. The molecule has 1 aliphatic rings. The van der Waals surface area contributed by atoms with Gasteiger partial charge in [-0.05, 0) is 36.4 Å². The highest BCUT2D eigenvalue weighted by Gasteiger charge is 2.14. The predicted octanol–water partition coefficient (Wildman–Crippen LogP) is 3.16. The fourth-order valence-corrected chi connectivity index (χ4v) is 3.20. The number of carbonyl (C=O) groups is 1. The summed E-state index contributed by atoms with van der Waals surface area (Å²) >= 11 is 6.14. The predicted molar refractivity (Wildman–Crippen MR) is 105 cm³/mol. The second-order valence-electron chi connectivity index (χ2n) is 6.32. The molecule has 1 amide bonds. The van der Waals surface area contributed by atoms with Crippen LogP contribution < -0.4 is 10.2 Å². The van der Waals surface area contributed by atoms with Crippen molar-refractivity contribution in [3.63, 3.8) is 0 Å². The van der Waals surface area contributed by atoms with E-state index < -0.39 is 0 Å². The highest BCUT2D eigenvalue weighted by atomic mass is 35.5. The fraction of sp³-hybridized carbons (Fsp3) is 0.250. The summed E-state index contributed by atoms with van der Waals surface area (Å²) < 4.78 is 10.6. The van der Waals surface area contributed by atoms with Gasteiger partial charge >= 0.3 is 0 Å². The van der Waals surface area contributed by atoms with Gasteiger partial charge in [-0.2, -0.15) is 4.98 Å². The molecule has 8 heteroatoms. The SMILES string of the molecule is O=C(NCc1nc(-c2ccccc2Cl)no1)c1ccc(N2CCOCC2)cc1. The lowest BCUT2D eigenvalue weighted by Gasteiger charge is -2.28. The number of rotatable bonds is 5. The second kappa shape index (κ2) is 8.41. The van der Waals surface area contributed by atoms with E-state index in [0.29, 0.717) is 27.9 Å². The van der Waals surface area contributed by atoms with Gasteiger partial charge in [-0.1, -0.05) is 28.9 Å². The Balaban J connectivity index is 1.36. The molecule has 0 atom stereocenters. The van der Waals surface area contributed by atoms with Crippen LogP contribution in [0.5, 0.6) is 0 Å². The molecule has 0 spiro atoms. The summed E-state index contributed by atoms with van der Waals surface area (Å²) in [7, 11) is 0. The molecular formula is C20H19ClN4O3. The fourth-order valence-electron chi connectivity index (χ4n) is 2.98. The molecule has 3 aromatic rings. The number of nitrogens with zero attached hydrogens (tertiary/aromatic N) is 3.